The predicted molar refractivity (Wildman–Crippen MR) is 108 cm³/mol. The minimum absolute atomic E-state index is 0.0630. The number of imidazole rings is 1. The highest BCUT2D eigenvalue weighted by Crippen LogP contribution is 2.19. The van der Waals surface area contributed by atoms with Crippen LogP contribution in [0.1, 0.15) is 38.4 Å². The van der Waals surface area contributed by atoms with E-state index in [-0.39, 0.29) is 30.2 Å². The second-order valence-electron chi connectivity index (χ2n) is 5.96. The average Bonchev–Trinajstić information content (AvgIpc) is 3.12. The Kier molecular flexibility index (Phi) is 6.03. The predicted octanol–water partition coefficient (Wildman–Crippen LogP) is 2.68. The highest BCUT2D eigenvalue weighted by molar-refractivity contribution is 6.11. The van der Waals surface area contributed by atoms with Gasteiger partial charge in [-0.3, -0.25) is 14.0 Å². The molecule has 0 spiro atoms. The number of hydrogen-bond donors (Lipinski definition) is 2. The van der Waals surface area contributed by atoms with Crippen LogP contribution in [0.25, 0.3) is 5.52 Å². The number of nitrogens with zero attached hydrogens (tertiary/aromatic N) is 2. The molecule has 0 aliphatic heterocycles. The van der Waals surface area contributed by atoms with Crippen molar-refractivity contribution in [3.8, 4) is 0 Å². The lowest BCUT2D eigenvalue weighted by Gasteiger charge is -2.09. The van der Waals surface area contributed by atoms with Crippen molar-refractivity contribution >= 4 is 29.0 Å². The zero-order chi connectivity index (χ0) is 20.8. The van der Waals surface area contributed by atoms with Gasteiger partial charge in [0.25, 0.3) is 11.8 Å². The van der Waals surface area contributed by atoms with E-state index in [0.29, 0.717) is 11.2 Å². The molecule has 2 heterocycles. The molecule has 8 heteroatoms. The van der Waals surface area contributed by atoms with Crippen molar-refractivity contribution in [1.29, 1.82) is 0 Å². The van der Waals surface area contributed by atoms with Crippen molar-refractivity contribution in [1.82, 2.24) is 14.7 Å². The molecule has 0 aliphatic carbocycles. The van der Waals surface area contributed by atoms with E-state index in [1.807, 2.05) is 0 Å². The van der Waals surface area contributed by atoms with E-state index in [2.05, 4.69) is 22.2 Å². The van der Waals surface area contributed by atoms with Gasteiger partial charge < -0.3 is 15.4 Å². The first-order valence-corrected chi connectivity index (χ1v) is 9.00. The lowest BCUT2D eigenvalue weighted by molar-refractivity contribution is 0.0527. The zero-order valence-corrected chi connectivity index (χ0v) is 15.8. The zero-order valence-electron chi connectivity index (χ0n) is 15.8. The van der Waals surface area contributed by atoms with Gasteiger partial charge in [-0.15, -0.1) is 6.58 Å². The molecular weight excluding hydrogens is 372 g/mol. The fraction of sp³-hybridized carbons (Fsp3) is 0.143. The fourth-order valence-corrected chi connectivity index (χ4v) is 2.77. The van der Waals surface area contributed by atoms with E-state index in [0.717, 1.165) is 0 Å². The van der Waals surface area contributed by atoms with Crippen LogP contribution in [-0.4, -0.2) is 40.3 Å². The van der Waals surface area contributed by atoms with Gasteiger partial charge in [-0.2, -0.15) is 0 Å². The van der Waals surface area contributed by atoms with E-state index in [9.17, 15) is 14.4 Å². The van der Waals surface area contributed by atoms with Crippen LogP contribution >= 0.6 is 0 Å². The number of amides is 2. The van der Waals surface area contributed by atoms with Gasteiger partial charge in [0.2, 0.25) is 5.82 Å². The number of aromatic nitrogens is 2. The van der Waals surface area contributed by atoms with Crippen molar-refractivity contribution in [2.45, 2.75) is 6.92 Å². The second kappa shape index (κ2) is 8.83. The molecule has 0 atom stereocenters. The van der Waals surface area contributed by atoms with Crippen molar-refractivity contribution in [2.24, 2.45) is 0 Å². The van der Waals surface area contributed by atoms with Gasteiger partial charge in [-0.05, 0) is 31.2 Å². The number of benzene rings is 1. The van der Waals surface area contributed by atoms with E-state index >= 15 is 0 Å². The third-order valence-electron chi connectivity index (χ3n) is 4.04. The van der Waals surface area contributed by atoms with Crippen LogP contribution in [0.2, 0.25) is 0 Å². The standard InChI is InChI=1S/C21H20N4O4/c1-3-12-22-20(27)18-24-17(16-11-7-8-13-25(16)18)19(26)23-15-10-6-5-9-14(15)21(28)29-4-2/h3,5-11,13H,1,4,12H2,2H3,(H,22,27)(H,23,26). The number of para-hydroxylation sites is 1. The number of carbonyl (C=O) groups is 3. The molecule has 0 bridgehead atoms. The Balaban J connectivity index is 1.96. The smallest absolute Gasteiger partial charge is 0.340 e. The van der Waals surface area contributed by atoms with Gasteiger partial charge >= 0.3 is 5.97 Å². The summed E-state index contributed by atoms with van der Waals surface area (Å²) in [5.41, 5.74) is 1.05. The molecule has 0 aliphatic rings. The molecule has 2 aromatic heterocycles. The first-order chi connectivity index (χ1) is 14.1. The summed E-state index contributed by atoms with van der Waals surface area (Å²) in [6.07, 6.45) is 3.20. The molecule has 8 nitrogen and oxygen atoms in total. The van der Waals surface area contributed by atoms with Gasteiger partial charge in [0.1, 0.15) is 0 Å². The van der Waals surface area contributed by atoms with Gasteiger partial charge in [0.05, 0.1) is 23.4 Å². The monoisotopic (exact) mass is 392 g/mol. The molecule has 0 saturated carbocycles. The molecule has 0 fully saturated rings. The molecule has 148 valence electrons. The van der Waals surface area contributed by atoms with E-state index in [1.165, 1.54) is 4.40 Å². The van der Waals surface area contributed by atoms with Crippen LogP contribution in [0.5, 0.6) is 0 Å². The number of pyridine rings is 1. The van der Waals surface area contributed by atoms with Gasteiger partial charge in [0, 0.05) is 12.7 Å². The molecule has 3 aromatic rings. The van der Waals surface area contributed by atoms with Crippen molar-refractivity contribution < 1.29 is 19.1 Å². The molecular formula is C21H20N4O4. The normalized spacial score (nSPS) is 10.4. The number of nitrogens with one attached hydrogen (secondary N) is 2. The maximum atomic E-state index is 12.9. The van der Waals surface area contributed by atoms with E-state index in [1.54, 1.807) is 61.7 Å². The average molecular weight is 392 g/mol. The fourth-order valence-electron chi connectivity index (χ4n) is 2.77. The summed E-state index contributed by atoms with van der Waals surface area (Å²) in [6, 6.07) is 11.7. The van der Waals surface area contributed by atoms with Gasteiger partial charge in [0.15, 0.2) is 5.69 Å². The third kappa shape index (κ3) is 4.16. The van der Waals surface area contributed by atoms with Crippen LogP contribution in [0.3, 0.4) is 0 Å². The molecule has 2 amide bonds. The summed E-state index contributed by atoms with van der Waals surface area (Å²) >= 11 is 0. The Hall–Kier alpha value is -3.94. The van der Waals surface area contributed by atoms with Crippen LogP contribution in [0, 0.1) is 0 Å². The maximum Gasteiger partial charge on any atom is 0.340 e. The quantitative estimate of drug-likeness (QED) is 0.475. The Morgan fingerprint density at radius 1 is 1.14 bits per heavy atom. The summed E-state index contributed by atoms with van der Waals surface area (Å²) in [5.74, 6) is -1.45. The largest absolute Gasteiger partial charge is 0.462 e. The SMILES string of the molecule is C=CCNC(=O)c1nc(C(=O)Nc2ccccc2C(=O)OCC)c2ccccn12. The number of ether oxygens (including phenoxy) is 1. The highest BCUT2D eigenvalue weighted by Gasteiger charge is 2.22. The van der Waals surface area contributed by atoms with Crippen molar-refractivity contribution in [2.75, 3.05) is 18.5 Å². The molecule has 3 rings (SSSR count). The molecule has 0 radical (unpaired) electrons. The Morgan fingerprint density at radius 2 is 1.90 bits per heavy atom. The van der Waals surface area contributed by atoms with Crippen LogP contribution in [0.15, 0.2) is 61.3 Å². The molecule has 1 aromatic carbocycles. The van der Waals surface area contributed by atoms with Gasteiger partial charge in [-0.25, -0.2) is 9.78 Å². The second-order valence-corrected chi connectivity index (χ2v) is 5.96. The Bertz CT molecular complexity index is 1090. The number of esters is 1. The Morgan fingerprint density at radius 3 is 2.66 bits per heavy atom. The molecule has 0 saturated heterocycles. The van der Waals surface area contributed by atoms with Gasteiger partial charge in [-0.1, -0.05) is 24.3 Å². The molecule has 2 N–H and O–H groups in total. The maximum absolute atomic E-state index is 12.9. The summed E-state index contributed by atoms with van der Waals surface area (Å²) in [6.45, 7) is 5.76. The topological polar surface area (TPSA) is 102 Å². The van der Waals surface area contributed by atoms with Crippen LogP contribution in [0.4, 0.5) is 5.69 Å². The molecule has 0 unspecified atom stereocenters. The van der Waals surface area contributed by atoms with E-state index in [4.69, 9.17) is 4.74 Å². The first kappa shape index (κ1) is 19.8. The lowest BCUT2D eigenvalue weighted by atomic mass is 10.1. The number of carbonyl (C=O) groups excluding carboxylic acids is 3. The van der Waals surface area contributed by atoms with Crippen molar-refractivity contribution in [3.63, 3.8) is 0 Å². The summed E-state index contributed by atoms with van der Waals surface area (Å²) in [7, 11) is 0. The minimum Gasteiger partial charge on any atom is -0.462 e. The number of rotatable bonds is 7. The number of fused-ring (bicyclic) bond motifs is 1. The summed E-state index contributed by atoms with van der Waals surface area (Å²) < 4.78 is 6.56. The minimum atomic E-state index is -0.548. The molecule has 29 heavy (non-hydrogen) atoms. The third-order valence-corrected chi connectivity index (χ3v) is 4.04. The van der Waals surface area contributed by atoms with Crippen molar-refractivity contribution in [3.05, 3.63) is 78.4 Å². The van der Waals surface area contributed by atoms with Crippen LogP contribution < -0.4 is 10.6 Å². The Labute approximate surface area is 167 Å². The van der Waals surface area contributed by atoms with Crippen LogP contribution in [-0.2, 0) is 4.74 Å². The number of hydrogen-bond acceptors (Lipinski definition) is 5. The summed E-state index contributed by atoms with van der Waals surface area (Å²) in [4.78, 5) is 41.7. The van der Waals surface area contributed by atoms with E-state index < -0.39 is 17.8 Å². The highest BCUT2D eigenvalue weighted by atomic mass is 16.5. The first-order valence-electron chi connectivity index (χ1n) is 9.00. The summed E-state index contributed by atoms with van der Waals surface area (Å²) in [5, 5.41) is 5.34. The lowest BCUT2D eigenvalue weighted by Crippen LogP contribution is -2.25. The number of anilines is 1.